The van der Waals surface area contributed by atoms with Crippen molar-refractivity contribution in [3.63, 3.8) is 0 Å². The molecule has 8 heteroatoms. The molecule has 7 nitrogen and oxygen atoms in total. The second-order valence-electron chi connectivity index (χ2n) is 5.31. The van der Waals surface area contributed by atoms with Gasteiger partial charge in [-0.15, -0.1) is 5.10 Å². The zero-order valence-electron chi connectivity index (χ0n) is 13.1. The second kappa shape index (κ2) is 6.78. The highest BCUT2D eigenvalue weighted by atomic mass is 32.2. The van der Waals surface area contributed by atoms with Crippen molar-refractivity contribution in [2.24, 2.45) is 0 Å². The fourth-order valence-corrected chi connectivity index (χ4v) is 3.13. The van der Waals surface area contributed by atoms with Crippen molar-refractivity contribution in [2.45, 2.75) is 10.9 Å². The van der Waals surface area contributed by atoms with E-state index in [1.165, 1.54) is 11.8 Å². The van der Waals surface area contributed by atoms with E-state index < -0.39 is 0 Å². The molecule has 0 spiro atoms. The summed E-state index contributed by atoms with van der Waals surface area (Å²) in [5.41, 5.74) is 2.90. The van der Waals surface area contributed by atoms with Gasteiger partial charge in [-0.2, -0.15) is 9.78 Å². The lowest BCUT2D eigenvalue weighted by Gasteiger charge is -2.03. The van der Waals surface area contributed by atoms with Crippen LogP contribution in [0.4, 0.5) is 0 Å². The normalized spacial score (nSPS) is 10.9. The number of tetrazole rings is 1. The third-order valence-electron chi connectivity index (χ3n) is 3.56. The number of hydrogen-bond acceptors (Lipinski definition) is 6. The lowest BCUT2D eigenvalue weighted by Crippen LogP contribution is -1.98. The lowest BCUT2D eigenvalue weighted by atomic mass is 10.3. The summed E-state index contributed by atoms with van der Waals surface area (Å²) in [6, 6.07) is 16.7. The molecule has 0 amide bonds. The fourth-order valence-electron chi connectivity index (χ4n) is 2.33. The molecule has 124 valence electrons. The van der Waals surface area contributed by atoms with E-state index in [-0.39, 0.29) is 5.75 Å². The summed E-state index contributed by atoms with van der Waals surface area (Å²) < 4.78 is 3.49. The van der Waals surface area contributed by atoms with Crippen molar-refractivity contribution in [1.82, 2.24) is 30.0 Å². The standard InChI is InChI=1S/C17H14N6OS/c24-16-8-6-15(7-9-16)23-17(19-20-21-23)25-12-13-10-18-22(11-13)14-4-2-1-3-5-14/h1-11,24H,12H2. The molecule has 0 unspecified atom stereocenters. The van der Waals surface area contributed by atoms with Gasteiger partial charge in [0.15, 0.2) is 0 Å². The van der Waals surface area contributed by atoms with Gasteiger partial charge in [0.05, 0.1) is 17.6 Å². The summed E-state index contributed by atoms with van der Waals surface area (Å²) in [6.45, 7) is 0. The van der Waals surface area contributed by atoms with Crippen LogP contribution in [-0.4, -0.2) is 35.1 Å². The van der Waals surface area contributed by atoms with Crippen LogP contribution >= 0.6 is 11.8 Å². The molecule has 0 radical (unpaired) electrons. The Kier molecular flexibility index (Phi) is 4.17. The highest BCUT2D eigenvalue weighted by Crippen LogP contribution is 2.23. The summed E-state index contributed by atoms with van der Waals surface area (Å²) in [7, 11) is 0. The maximum absolute atomic E-state index is 9.40. The van der Waals surface area contributed by atoms with Crippen LogP contribution in [0.15, 0.2) is 72.1 Å². The average Bonchev–Trinajstić information content (AvgIpc) is 3.31. The summed E-state index contributed by atoms with van der Waals surface area (Å²) in [5, 5.41) is 26.3. The van der Waals surface area contributed by atoms with Crippen LogP contribution in [0, 0.1) is 0 Å². The van der Waals surface area contributed by atoms with E-state index >= 15 is 0 Å². The molecular weight excluding hydrogens is 336 g/mol. The molecule has 2 aromatic heterocycles. The molecule has 0 fully saturated rings. The van der Waals surface area contributed by atoms with Crippen molar-refractivity contribution in [3.8, 4) is 17.1 Å². The topological polar surface area (TPSA) is 81.7 Å². The predicted octanol–water partition coefficient (Wildman–Crippen LogP) is 2.85. The molecule has 2 heterocycles. The molecule has 4 rings (SSSR count). The Morgan fingerprint density at radius 3 is 2.56 bits per heavy atom. The zero-order valence-corrected chi connectivity index (χ0v) is 13.9. The first-order chi connectivity index (χ1) is 12.3. The van der Waals surface area contributed by atoms with Gasteiger partial charge >= 0.3 is 0 Å². The Balaban J connectivity index is 1.49. The molecule has 4 aromatic rings. The minimum atomic E-state index is 0.208. The number of aromatic nitrogens is 6. The van der Waals surface area contributed by atoms with E-state index in [1.807, 2.05) is 47.4 Å². The first-order valence-electron chi connectivity index (χ1n) is 7.59. The number of benzene rings is 2. The first kappa shape index (κ1) is 15.4. The summed E-state index contributed by atoms with van der Waals surface area (Å²) in [4.78, 5) is 0. The summed E-state index contributed by atoms with van der Waals surface area (Å²) in [6.07, 6.45) is 3.84. The Bertz CT molecular complexity index is 964. The van der Waals surface area contributed by atoms with Gasteiger partial charge in [-0.05, 0) is 46.8 Å². The fraction of sp³-hybridized carbons (Fsp3) is 0.0588. The van der Waals surface area contributed by atoms with Crippen LogP contribution in [-0.2, 0) is 5.75 Å². The van der Waals surface area contributed by atoms with Gasteiger partial charge < -0.3 is 5.11 Å². The van der Waals surface area contributed by atoms with Crippen molar-refractivity contribution in [3.05, 3.63) is 72.6 Å². The monoisotopic (exact) mass is 350 g/mol. The van der Waals surface area contributed by atoms with Crippen LogP contribution in [0.2, 0.25) is 0 Å². The quantitative estimate of drug-likeness (QED) is 0.557. The number of thioether (sulfide) groups is 1. The van der Waals surface area contributed by atoms with Gasteiger partial charge in [0.2, 0.25) is 5.16 Å². The molecule has 0 aliphatic heterocycles. The largest absolute Gasteiger partial charge is 0.508 e. The Morgan fingerprint density at radius 2 is 1.76 bits per heavy atom. The number of rotatable bonds is 5. The third kappa shape index (κ3) is 3.38. The molecule has 0 saturated carbocycles. The molecule has 2 aromatic carbocycles. The molecule has 0 saturated heterocycles. The number of phenols is 1. The lowest BCUT2D eigenvalue weighted by molar-refractivity contribution is 0.475. The van der Waals surface area contributed by atoms with E-state index in [0.29, 0.717) is 10.9 Å². The Morgan fingerprint density at radius 1 is 0.960 bits per heavy atom. The second-order valence-corrected chi connectivity index (χ2v) is 6.25. The van der Waals surface area contributed by atoms with Crippen LogP contribution in [0.3, 0.4) is 0 Å². The van der Waals surface area contributed by atoms with Crippen LogP contribution in [0.25, 0.3) is 11.4 Å². The minimum Gasteiger partial charge on any atom is -0.508 e. The van der Waals surface area contributed by atoms with Crippen molar-refractivity contribution < 1.29 is 5.11 Å². The maximum Gasteiger partial charge on any atom is 0.214 e. The Labute approximate surface area is 147 Å². The van der Waals surface area contributed by atoms with E-state index in [2.05, 4.69) is 20.6 Å². The average molecular weight is 350 g/mol. The van der Waals surface area contributed by atoms with Crippen LogP contribution < -0.4 is 0 Å². The zero-order chi connectivity index (χ0) is 17.1. The molecule has 0 atom stereocenters. The van der Waals surface area contributed by atoms with E-state index in [0.717, 1.165) is 16.9 Å². The number of para-hydroxylation sites is 1. The number of hydrogen-bond donors (Lipinski definition) is 1. The Hall–Kier alpha value is -3.13. The van der Waals surface area contributed by atoms with Crippen LogP contribution in [0.1, 0.15) is 5.56 Å². The maximum atomic E-state index is 9.40. The highest BCUT2D eigenvalue weighted by molar-refractivity contribution is 7.98. The number of aromatic hydroxyl groups is 1. The van der Waals surface area contributed by atoms with E-state index in [4.69, 9.17) is 0 Å². The molecular formula is C17H14N6OS. The summed E-state index contributed by atoms with van der Waals surface area (Å²) >= 11 is 1.53. The van der Waals surface area contributed by atoms with Crippen molar-refractivity contribution >= 4 is 11.8 Å². The molecule has 0 aliphatic carbocycles. The van der Waals surface area contributed by atoms with Gasteiger partial charge in [-0.25, -0.2) is 4.68 Å². The minimum absolute atomic E-state index is 0.208. The predicted molar refractivity (Wildman–Crippen MR) is 93.9 cm³/mol. The van der Waals surface area contributed by atoms with E-state index in [9.17, 15) is 5.11 Å². The van der Waals surface area contributed by atoms with Gasteiger partial charge in [0.25, 0.3) is 0 Å². The van der Waals surface area contributed by atoms with Gasteiger partial charge in [0, 0.05) is 17.5 Å². The SMILES string of the molecule is Oc1ccc(-n2nnnc2SCc2cnn(-c3ccccc3)c2)cc1. The van der Waals surface area contributed by atoms with Crippen molar-refractivity contribution in [1.29, 1.82) is 0 Å². The molecule has 0 bridgehead atoms. The van der Waals surface area contributed by atoms with Crippen LogP contribution in [0.5, 0.6) is 5.75 Å². The highest BCUT2D eigenvalue weighted by Gasteiger charge is 2.10. The molecule has 25 heavy (non-hydrogen) atoms. The third-order valence-corrected chi connectivity index (χ3v) is 4.55. The number of nitrogens with zero attached hydrogens (tertiary/aromatic N) is 6. The van der Waals surface area contributed by atoms with Gasteiger partial charge in [-0.3, -0.25) is 0 Å². The summed E-state index contributed by atoms with van der Waals surface area (Å²) in [5.74, 6) is 0.907. The first-order valence-corrected chi connectivity index (χ1v) is 8.58. The van der Waals surface area contributed by atoms with Gasteiger partial charge in [-0.1, -0.05) is 30.0 Å². The van der Waals surface area contributed by atoms with E-state index in [1.54, 1.807) is 28.9 Å². The van der Waals surface area contributed by atoms with Crippen molar-refractivity contribution in [2.75, 3.05) is 0 Å². The molecule has 1 N–H and O–H groups in total. The van der Waals surface area contributed by atoms with Gasteiger partial charge in [0.1, 0.15) is 5.75 Å². The number of phenolic OH excluding ortho intramolecular Hbond substituents is 1. The molecule has 0 aliphatic rings. The smallest absolute Gasteiger partial charge is 0.214 e.